The van der Waals surface area contributed by atoms with Gasteiger partial charge in [-0.3, -0.25) is 4.79 Å². The SMILES string of the molecule is CC1(C)CC(=O)Nc2ccc(F)cc2O1. The maximum Gasteiger partial charge on any atom is 0.228 e. The van der Waals surface area contributed by atoms with E-state index in [1.807, 2.05) is 0 Å². The summed E-state index contributed by atoms with van der Waals surface area (Å²) in [5, 5.41) is 2.67. The molecule has 0 radical (unpaired) electrons. The Balaban J connectivity index is 2.45. The third-order valence-corrected chi connectivity index (χ3v) is 2.19. The number of hydrogen-bond donors (Lipinski definition) is 1. The maximum atomic E-state index is 13.0. The first-order valence-electron chi connectivity index (χ1n) is 4.75. The van der Waals surface area contributed by atoms with Crippen molar-refractivity contribution in [2.45, 2.75) is 25.9 Å². The predicted molar refractivity (Wildman–Crippen MR) is 54.4 cm³/mol. The van der Waals surface area contributed by atoms with E-state index in [1.165, 1.54) is 18.2 Å². The molecule has 3 nitrogen and oxygen atoms in total. The second-order valence-electron chi connectivity index (χ2n) is 4.23. The number of halogens is 1. The molecular formula is C11H12FNO2. The van der Waals surface area contributed by atoms with E-state index in [0.717, 1.165) is 0 Å². The molecule has 4 heteroatoms. The Morgan fingerprint density at radius 3 is 2.93 bits per heavy atom. The number of anilines is 1. The summed E-state index contributed by atoms with van der Waals surface area (Å²) in [6.07, 6.45) is 0.253. The number of benzene rings is 1. The molecule has 0 saturated carbocycles. The van der Waals surface area contributed by atoms with Gasteiger partial charge in [0, 0.05) is 6.07 Å². The van der Waals surface area contributed by atoms with E-state index >= 15 is 0 Å². The molecule has 1 N–H and O–H groups in total. The van der Waals surface area contributed by atoms with Crippen LogP contribution in [0.2, 0.25) is 0 Å². The minimum Gasteiger partial charge on any atom is -0.485 e. The lowest BCUT2D eigenvalue weighted by atomic mass is 10.1. The van der Waals surface area contributed by atoms with Gasteiger partial charge in [-0.15, -0.1) is 0 Å². The van der Waals surface area contributed by atoms with Crippen LogP contribution in [0.5, 0.6) is 5.75 Å². The van der Waals surface area contributed by atoms with Gasteiger partial charge >= 0.3 is 0 Å². The van der Waals surface area contributed by atoms with Crippen LogP contribution in [-0.2, 0) is 4.79 Å². The van der Waals surface area contributed by atoms with E-state index in [4.69, 9.17) is 4.74 Å². The van der Waals surface area contributed by atoms with Gasteiger partial charge in [0.1, 0.15) is 17.2 Å². The highest BCUT2D eigenvalue weighted by Gasteiger charge is 2.29. The molecule has 2 rings (SSSR count). The third-order valence-electron chi connectivity index (χ3n) is 2.19. The monoisotopic (exact) mass is 209 g/mol. The normalized spacial score (nSPS) is 18.5. The molecule has 1 aromatic carbocycles. The number of ether oxygens (including phenoxy) is 1. The Kier molecular flexibility index (Phi) is 2.14. The van der Waals surface area contributed by atoms with Crippen LogP contribution in [0.4, 0.5) is 10.1 Å². The van der Waals surface area contributed by atoms with Crippen molar-refractivity contribution < 1.29 is 13.9 Å². The minimum atomic E-state index is -0.608. The van der Waals surface area contributed by atoms with Crippen molar-refractivity contribution in [3.05, 3.63) is 24.0 Å². The van der Waals surface area contributed by atoms with E-state index in [9.17, 15) is 9.18 Å². The van der Waals surface area contributed by atoms with Crippen LogP contribution in [0.3, 0.4) is 0 Å². The molecule has 1 heterocycles. The fraction of sp³-hybridized carbons (Fsp3) is 0.364. The average Bonchev–Trinajstić information content (AvgIpc) is 2.17. The molecule has 0 fully saturated rings. The van der Waals surface area contributed by atoms with Crippen LogP contribution in [0.15, 0.2) is 18.2 Å². The van der Waals surface area contributed by atoms with Crippen LogP contribution in [0, 0.1) is 5.82 Å². The Bertz CT molecular complexity index is 415. The quantitative estimate of drug-likeness (QED) is 0.712. The van der Waals surface area contributed by atoms with E-state index < -0.39 is 5.60 Å². The Hall–Kier alpha value is -1.58. The summed E-state index contributed by atoms with van der Waals surface area (Å²) in [6.45, 7) is 3.60. The second kappa shape index (κ2) is 3.22. The highest BCUT2D eigenvalue weighted by molar-refractivity contribution is 5.93. The number of carbonyl (C=O) groups is 1. The van der Waals surface area contributed by atoms with Gasteiger partial charge in [-0.05, 0) is 26.0 Å². The molecular weight excluding hydrogens is 197 g/mol. The van der Waals surface area contributed by atoms with Crippen molar-refractivity contribution in [2.75, 3.05) is 5.32 Å². The number of carbonyl (C=O) groups excluding carboxylic acids is 1. The number of fused-ring (bicyclic) bond motifs is 1. The Morgan fingerprint density at radius 2 is 2.20 bits per heavy atom. The largest absolute Gasteiger partial charge is 0.485 e. The van der Waals surface area contributed by atoms with Gasteiger partial charge in [0.05, 0.1) is 12.1 Å². The molecule has 0 aliphatic carbocycles. The fourth-order valence-electron chi connectivity index (χ4n) is 1.60. The Labute approximate surface area is 87.2 Å². The van der Waals surface area contributed by atoms with E-state index in [1.54, 1.807) is 13.8 Å². The van der Waals surface area contributed by atoms with Crippen LogP contribution in [-0.4, -0.2) is 11.5 Å². The highest BCUT2D eigenvalue weighted by atomic mass is 19.1. The highest BCUT2D eigenvalue weighted by Crippen LogP contribution is 2.33. The van der Waals surface area contributed by atoms with Gasteiger partial charge in [0.15, 0.2) is 0 Å². The first-order valence-corrected chi connectivity index (χ1v) is 4.75. The zero-order valence-electron chi connectivity index (χ0n) is 8.63. The zero-order valence-corrected chi connectivity index (χ0v) is 8.63. The van der Waals surface area contributed by atoms with Crippen LogP contribution in [0.25, 0.3) is 0 Å². The molecule has 0 atom stereocenters. The lowest BCUT2D eigenvalue weighted by Gasteiger charge is -2.22. The van der Waals surface area contributed by atoms with Crippen molar-refractivity contribution in [3.8, 4) is 5.75 Å². The topological polar surface area (TPSA) is 38.3 Å². The molecule has 0 unspecified atom stereocenters. The fourth-order valence-corrected chi connectivity index (χ4v) is 1.60. The molecule has 0 aromatic heterocycles. The second-order valence-corrected chi connectivity index (χ2v) is 4.23. The number of hydrogen-bond acceptors (Lipinski definition) is 2. The minimum absolute atomic E-state index is 0.120. The van der Waals surface area contributed by atoms with Crippen LogP contribution in [0.1, 0.15) is 20.3 Å². The van der Waals surface area contributed by atoms with E-state index in [0.29, 0.717) is 11.4 Å². The predicted octanol–water partition coefficient (Wildman–Crippen LogP) is 2.33. The summed E-state index contributed by atoms with van der Waals surface area (Å²) in [5.74, 6) is -0.114. The van der Waals surface area contributed by atoms with Crippen molar-refractivity contribution >= 4 is 11.6 Å². The van der Waals surface area contributed by atoms with Crippen molar-refractivity contribution in [3.63, 3.8) is 0 Å². The van der Waals surface area contributed by atoms with Crippen molar-refractivity contribution in [1.29, 1.82) is 0 Å². The van der Waals surface area contributed by atoms with Gasteiger partial charge in [-0.25, -0.2) is 4.39 Å². The van der Waals surface area contributed by atoms with Crippen molar-refractivity contribution in [1.82, 2.24) is 0 Å². The molecule has 1 amide bonds. The van der Waals surface area contributed by atoms with Gasteiger partial charge < -0.3 is 10.1 Å². The first kappa shape index (κ1) is 9.96. The molecule has 0 bridgehead atoms. The lowest BCUT2D eigenvalue weighted by Crippen LogP contribution is -2.30. The molecule has 80 valence electrons. The van der Waals surface area contributed by atoms with Crippen molar-refractivity contribution in [2.24, 2.45) is 0 Å². The maximum absolute atomic E-state index is 13.0. The van der Waals surface area contributed by atoms with Crippen LogP contribution < -0.4 is 10.1 Å². The van der Waals surface area contributed by atoms with E-state index in [2.05, 4.69) is 5.32 Å². The third kappa shape index (κ3) is 2.09. The Morgan fingerprint density at radius 1 is 1.47 bits per heavy atom. The summed E-state index contributed by atoms with van der Waals surface area (Å²) in [6, 6.07) is 4.08. The zero-order chi connectivity index (χ0) is 11.1. The number of rotatable bonds is 0. The van der Waals surface area contributed by atoms with Crippen LogP contribution >= 0.6 is 0 Å². The molecule has 0 saturated heterocycles. The molecule has 1 aliphatic rings. The van der Waals surface area contributed by atoms with Gasteiger partial charge in [0.2, 0.25) is 5.91 Å². The van der Waals surface area contributed by atoms with Gasteiger partial charge in [-0.2, -0.15) is 0 Å². The summed E-state index contributed by atoms with van der Waals surface area (Å²) >= 11 is 0. The standard InChI is InChI=1S/C11H12FNO2/c1-11(2)6-10(14)13-8-4-3-7(12)5-9(8)15-11/h3-5H,6H2,1-2H3,(H,13,14). The summed E-state index contributed by atoms with van der Waals surface area (Å²) in [4.78, 5) is 11.5. The van der Waals surface area contributed by atoms with Gasteiger partial charge in [-0.1, -0.05) is 0 Å². The lowest BCUT2D eigenvalue weighted by molar-refractivity contribution is -0.118. The number of nitrogens with one attached hydrogen (secondary N) is 1. The molecule has 1 aliphatic heterocycles. The smallest absolute Gasteiger partial charge is 0.228 e. The van der Waals surface area contributed by atoms with E-state index in [-0.39, 0.29) is 18.1 Å². The molecule has 1 aromatic rings. The first-order chi connectivity index (χ1) is 6.96. The van der Waals surface area contributed by atoms with Gasteiger partial charge in [0.25, 0.3) is 0 Å². The molecule has 15 heavy (non-hydrogen) atoms. The summed E-state index contributed by atoms with van der Waals surface area (Å²) in [5.41, 5.74) is -0.0877. The summed E-state index contributed by atoms with van der Waals surface area (Å²) in [7, 11) is 0. The summed E-state index contributed by atoms with van der Waals surface area (Å²) < 4.78 is 18.6. The number of amides is 1. The average molecular weight is 209 g/mol. The molecule has 0 spiro atoms.